The standard InChI is InChI=1S/C17H18BrNO2S/c18-14-5-3-13(4-6-14)17(20)19(12-16-2-1-11-22-16)15-7-9-21-10-8-15/h1-6,11,15H,7-10,12H2. The number of amides is 1. The number of carbonyl (C=O) groups is 1. The monoisotopic (exact) mass is 379 g/mol. The second-order valence-electron chi connectivity index (χ2n) is 5.36. The zero-order valence-electron chi connectivity index (χ0n) is 12.2. The third kappa shape index (κ3) is 3.77. The van der Waals surface area contributed by atoms with E-state index < -0.39 is 0 Å². The lowest BCUT2D eigenvalue weighted by Crippen LogP contribution is -2.42. The number of ether oxygens (including phenoxy) is 1. The summed E-state index contributed by atoms with van der Waals surface area (Å²) in [4.78, 5) is 16.2. The molecule has 0 N–H and O–H groups in total. The van der Waals surface area contributed by atoms with E-state index in [1.54, 1.807) is 11.3 Å². The van der Waals surface area contributed by atoms with E-state index in [2.05, 4.69) is 27.4 Å². The first-order chi connectivity index (χ1) is 10.7. The normalized spacial score (nSPS) is 15.7. The molecule has 0 atom stereocenters. The van der Waals surface area contributed by atoms with Gasteiger partial charge < -0.3 is 9.64 Å². The van der Waals surface area contributed by atoms with Gasteiger partial charge >= 0.3 is 0 Å². The molecule has 116 valence electrons. The predicted molar refractivity (Wildman–Crippen MR) is 92.2 cm³/mol. The zero-order chi connectivity index (χ0) is 15.4. The van der Waals surface area contributed by atoms with Crippen molar-refractivity contribution in [2.75, 3.05) is 13.2 Å². The first-order valence-electron chi connectivity index (χ1n) is 7.41. The third-order valence-electron chi connectivity index (χ3n) is 3.89. The van der Waals surface area contributed by atoms with Crippen LogP contribution in [0.2, 0.25) is 0 Å². The van der Waals surface area contributed by atoms with Crippen molar-refractivity contribution in [3.8, 4) is 0 Å². The lowest BCUT2D eigenvalue weighted by molar-refractivity contribution is 0.0270. The Hall–Kier alpha value is -1.17. The molecular formula is C17H18BrNO2S. The Morgan fingerprint density at radius 1 is 1.23 bits per heavy atom. The largest absolute Gasteiger partial charge is 0.381 e. The number of hydrogen-bond donors (Lipinski definition) is 0. The minimum atomic E-state index is 0.104. The molecule has 0 bridgehead atoms. The van der Waals surface area contributed by atoms with Gasteiger partial charge in [0.2, 0.25) is 0 Å². The van der Waals surface area contributed by atoms with Crippen molar-refractivity contribution >= 4 is 33.2 Å². The van der Waals surface area contributed by atoms with Gasteiger partial charge in [0.15, 0.2) is 0 Å². The summed E-state index contributed by atoms with van der Waals surface area (Å²) in [5, 5.41) is 2.06. The van der Waals surface area contributed by atoms with Crippen molar-refractivity contribution in [1.82, 2.24) is 4.90 Å². The molecule has 0 radical (unpaired) electrons. The van der Waals surface area contributed by atoms with Gasteiger partial charge in [-0.05, 0) is 48.6 Å². The highest BCUT2D eigenvalue weighted by Gasteiger charge is 2.27. The molecule has 1 saturated heterocycles. The summed E-state index contributed by atoms with van der Waals surface area (Å²) < 4.78 is 6.43. The van der Waals surface area contributed by atoms with Crippen molar-refractivity contribution in [2.45, 2.75) is 25.4 Å². The van der Waals surface area contributed by atoms with Crippen LogP contribution in [0.5, 0.6) is 0 Å². The van der Waals surface area contributed by atoms with Crippen molar-refractivity contribution in [3.63, 3.8) is 0 Å². The maximum absolute atomic E-state index is 13.0. The van der Waals surface area contributed by atoms with E-state index in [1.165, 1.54) is 4.88 Å². The summed E-state index contributed by atoms with van der Waals surface area (Å²) in [7, 11) is 0. The van der Waals surface area contributed by atoms with Crippen LogP contribution >= 0.6 is 27.3 Å². The van der Waals surface area contributed by atoms with Crippen molar-refractivity contribution in [2.24, 2.45) is 0 Å². The number of hydrogen-bond acceptors (Lipinski definition) is 3. The topological polar surface area (TPSA) is 29.5 Å². The highest BCUT2D eigenvalue weighted by Crippen LogP contribution is 2.23. The molecular weight excluding hydrogens is 362 g/mol. The van der Waals surface area contributed by atoms with Crippen LogP contribution in [-0.2, 0) is 11.3 Å². The fourth-order valence-electron chi connectivity index (χ4n) is 2.69. The summed E-state index contributed by atoms with van der Waals surface area (Å²) in [6.45, 7) is 2.15. The molecule has 2 aromatic rings. The van der Waals surface area contributed by atoms with Gasteiger partial charge in [-0.2, -0.15) is 0 Å². The average Bonchev–Trinajstić information content (AvgIpc) is 3.07. The summed E-state index contributed by atoms with van der Waals surface area (Å²) in [6.07, 6.45) is 1.82. The zero-order valence-corrected chi connectivity index (χ0v) is 14.6. The van der Waals surface area contributed by atoms with Gasteiger partial charge in [-0.3, -0.25) is 4.79 Å². The fourth-order valence-corrected chi connectivity index (χ4v) is 3.66. The Morgan fingerprint density at radius 3 is 2.59 bits per heavy atom. The molecule has 1 fully saturated rings. The van der Waals surface area contributed by atoms with E-state index in [0.717, 1.165) is 36.1 Å². The second-order valence-corrected chi connectivity index (χ2v) is 7.31. The summed E-state index contributed by atoms with van der Waals surface area (Å²) >= 11 is 5.11. The molecule has 1 aliphatic rings. The quantitative estimate of drug-likeness (QED) is 0.790. The van der Waals surface area contributed by atoms with Gasteiger partial charge in [-0.25, -0.2) is 0 Å². The Kier molecular flexibility index (Phi) is 5.28. The van der Waals surface area contributed by atoms with E-state index >= 15 is 0 Å². The van der Waals surface area contributed by atoms with Crippen LogP contribution in [0.15, 0.2) is 46.3 Å². The van der Waals surface area contributed by atoms with Gasteiger partial charge in [0, 0.05) is 34.2 Å². The molecule has 1 amide bonds. The Balaban J connectivity index is 1.82. The first-order valence-corrected chi connectivity index (χ1v) is 9.08. The third-order valence-corrected chi connectivity index (χ3v) is 5.28. The highest BCUT2D eigenvalue weighted by molar-refractivity contribution is 9.10. The molecule has 5 heteroatoms. The van der Waals surface area contributed by atoms with Crippen LogP contribution in [0, 0.1) is 0 Å². The van der Waals surface area contributed by atoms with Gasteiger partial charge in [-0.1, -0.05) is 22.0 Å². The van der Waals surface area contributed by atoms with Gasteiger partial charge in [0.05, 0.1) is 6.54 Å². The minimum Gasteiger partial charge on any atom is -0.381 e. The first kappa shape index (κ1) is 15.7. The second kappa shape index (κ2) is 7.40. The van der Waals surface area contributed by atoms with Crippen molar-refractivity contribution < 1.29 is 9.53 Å². The van der Waals surface area contributed by atoms with E-state index in [9.17, 15) is 4.79 Å². The van der Waals surface area contributed by atoms with E-state index in [0.29, 0.717) is 6.54 Å². The van der Waals surface area contributed by atoms with Crippen LogP contribution in [0.4, 0.5) is 0 Å². The van der Waals surface area contributed by atoms with Gasteiger partial charge in [-0.15, -0.1) is 11.3 Å². The predicted octanol–water partition coefficient (Wildman–Crippen LogP) is 4.33. The Morgan fingerprint density at radius 2 is 1.95 bits per heavy atom. The SMILES string of the molecule is O=C(c1ccc(Br)cc1)N(Cc1cccs1)C1CCOCC1. The minimum absolute atomic E-state index is 0.104. The fraction of sp³-hybridized carbons (Fsp3) is 0.353. The number of rotatable bonds is 4. The van der Waals surface area contributed by atoms with Crippen molar-refractivity contribution in [1.29, 1.82) is 0 Å². The molecule has 0 saturated carbocycles. The maximum Gasteiger partial charge on any atom is 0.254 e. The molecule has 3 nitrogen and oxygen atoms in total. The number of carbonyl (C=O) groups excluding carboxylic acids is 1. The molecule has 1 aromatic heterocycles. The van der Waals surface area contributed by atoms with Crippen LogP contribution < -0.4 is 0 Å². The number of nitrogens with zero attached hydrogens (tertiary/aromatic N) is 1. The molecule has 0 unspecified atom stereocenters. The lowest BCUT2D eigenvalue weighted by Gasteiger charge is -2.34. The van der Waals surface area contributed by atoms with Gasteiger partial charge in [0.1, 0.15) is 0 Å². The molecule has 0 spiro atoms. The van der Waals surface area contributed by atoms with Crippen LogP contribution in [0.1, 0.15) is 28.1 Å². The Bertz CT molecular complexity index is 606. The molecule has 1 aromatic carbocycles. The van der Waals surface area contributed by atoms with Crippen molar-refractivity contribution in [3.05, 3.63) is 56.7 Å². The number of benzene rings is 1. The molecule has 2 heterocycles. The summed E-state index contributed by atoms with van der Waals surface area (Å²) in [6, 6.07) is 12.0. The maximum atomic E-state index is 13.0. The number of halogens is 1. The Labute approximate surface area is 143 Å². The van der Waals surface area contributed by atoms with Crippen LogP contribution in [0.25, 0.3) is 0 Å². The van der Waals surface area contributed by atoms with E-state index in [1.807, 2.05) is 35.2 Å². The van der Waals surface area contributed by atoms with Gasteiger partial charge in [0.25, 0.3) is 5.91 Å². The summed E-state index contributed by atoms with van der Waals surface area (Å²) in [5.41, 5.74) is 0.742. The molecule has 22 heavy (non-hydrogen) atoms. The molecule has 0 aliphatic carbocycles. The average molecular weight is 380 g/mol. The smallest absolute Gasteiger partial charge is 0.254 e. The lowest BCUT2D eigenvalue weighted by atomic mass is 10.1. The van der Waals surface area contributed by atoms with E-state index in [4.69, 9.17) is 4.74 Å². The van der Waals surface area contributed by atoms with Crippen LogP contribution in [0.3, 0.4) is 0 Å². The van der Waals surface area contributed by atoms with E-state index in [-0.39, 0.29) is 11.9 Å². The van der Waals surface area contributed by atoms with Crippen LogP contribution in [-0.4, -0.2) is 30.1 Å². The molecule has 1 aliphatic heterocycles. The highest BCUT2D eigenvalue weighted by atomic mass is 79.9. The summed E-state index contributed by atoms with van der Waals surface area (Å²) in [5.74, 6) is 0.104. The molecule has 3 rings (SSSR count). The number of thiophene rings is 1.